The van der Waals surface area contributed by atoms with E-state index in [1.807, 2.05) is 0 Å². The van der Waals surface area contributed by atoms with Crippen LogP contribution in [-0.2, 0) is 9.47 Å². The Morgan fingerprint density at radius 3 is 2.60 bits per heavy atom. The Kier molecular flexibility index (Phi) is 5.21. The molecule has 1 rings (SSSR count). The third-order valence-electron chi connectivity index (χ3n) is 2.33. The fourth-order valence-corrected chi connectivity index (χ4v) is 1.43. The quantitative estimate of drug-likeness (QED) is 0.410. The Hall–Kier alpha value is -0.460. The van der Waals surface area contributed by atoms with Gasteiger partial charge in [-0.25, -0.2) is 0 Å². The molecule has 0 spiro atoms. The molecule has 0 saturated carbocycles. The van der Waals surface area contributed by atoms with Crippen LogP contribution in [0.5, 0.6) is 0 Å². The molecule has 1 aliphatic rings. The number of rotatable bonds is 6. The molecule has 0 radical (unpaired) electrons. The fraction of sp³-hybridized carbons (Fsp3) is 0.800. The van der Waals surface area contributed by atoms with Crippen molar-refractivity contribution >= 4 is 0 Å². The number of aliphatic hydroxyl groups is 3. The zero-order valence-corrected chi connectivity index (χ0v) is 8.58. The normalized spacial score (nSPS) is 35.7. The van der Waals surface area contributed by atoms with E-state index in [2.05, 4.69) is 6.58 Å². The lowest BCUT2D eigenvalue weighted by molar-refractivity contribution is -0.169. The number of hydrogen-bond donors (Lipinski definition) is 3. The molecule has 4 atom stereocenters. The zero-order chi connectivity index (χ0) is 11.3. The van der Waals surface area contributed by atoms with E-state index in [9.17, 15) is 10.2 Å². The van der Waals surface area contributed by atoms with Crippen LogP contribution in [0, 0.1) is 0 Å². The second-order valence-corrected chi connectivity index (χ2v) is 3.51. The van der Waals surface area contributed by atoms with Crippen molar-refractivity contribution in [2.75, 3.05) is 13.2 Å². The molecule has 1 saturated heterocycles. The van der Waals surface area contributed by atoms with Crippen molar-refractivity contribution in [2.24, 2.45) is 0 Å². The summed E-state index contributed by atoms with van der Waals surface area (Å²) < 4.78 is 10.3. The molecule has 0 amide bonds. The number of ether oxygens (including phenoxy) is 2. The van der Waals surface area contributed by atoms with Crippen molar-refractivity contribution < 1.29 is 24.8 Å². The molecule has 5 nitrogen and oxygen atoms in total. The third-order valence-corrected chi connectivity index (χ3v) is 2.33. The van der Waals surface area contributed by atoms with Crippen LogP contribution in [0.1, 0.15) is 12.8 Å². The maximum absolute atomic E-state index is 9.48. The standard InChI is InChI=1S/C10H18O5/c1-2-3-4-5-14-10-9(13)8(12)7(6-11)15-10/h2,7-13H,1,3-6H2/t7-,8+,9-,10-/m0/s1. The summed E-state index contributed by atoms with van der Waals surface area (Å²) in [5.74, 6) is 0. The van der Waals surface area contributed by atoms with Gasteiger partial charge in [0.1, 0.15) is 18.3 Å². The van der Waals surface area contributed by atoms with Crippen LogP contribution in [-0.4, -0.2) is 53.1 Å². The van der Waals surface area contributed by atoms with Gasteiger partial charge in [-0.15, -0.1) is 6.58 Å². The minimum atomic E-state index is -1.09. The second-order valence-electron chi connectivity index (χ2n) is 3.51. The molecule has 0 aromatic rings. The van der Waals surface area contributed by atoms with Crippen LogP contribution in [0.4, 0.5) is 0 Å². The molecular formula is C10H18O5. The minimum Gasteiger partial charge on any atom is -0.394 e. The largest absolute Gasteiger partial charge is 0.394 e. The molecule has 0 unspecified atom stereocenters. The molecule has 0 aliphatic carbocycles. The Balaban J connectivity index is 2.27. The van der Waals surface area contributed by atoms with E-state index in [-0.39, 0.29) is 6.61 Å². The summed E-state index contributed by atoms with van der Waals surface area (Å²) in [4.78, 5) is 0. The SMILES string of the molecule is C=CCCCO[C@H]1O[C@@H](CO)[C@@H](O)[C@@H]1O. The van der Waals surface area contributed by atoms with Gasteiger partial charge in [-0.1, -0.05) is 6.08 Å². The third kappa shape index (κ3) is 3.25. The van der Waals surface area contributed by atoms with Gasteiger partial charge < -0.3 is 24.8 Å². The van der Waals surface area contributed by atoms with Gasteiger partial charge in [0.15, 0.2) is 6.29 Å². The summed E-state index contributed by atoms with van der Waals surface area (Å²) in [6.07, 6.45) is -0.387. The average molecular weight is 218 g/mol. The highest BCUT2D eigenvalue weighted by Crippen LogP contribution is 2.21. The van der Waals surface area contributed by atoms with Crippen LogP contribution >= 0.6 is 0 Å². The maximum Gasteiger partial charge on any atom is 0.186 e. The van der Waals surface area contributed by atoms with Gasteiger partial charge in [0.05, 0.1) is 13.2 Å². The van der Waals surface area contributed by atoms with Gasteiger partial charge in [-0.2, -0.15) is 0 Å². The van der Waals surface area contributed by atoms with Crippen molar-refractivity contribution in [3.8, 4) is 0 Å². The van der Waals surface area contributed by atoms with Crippen LogP contribution in [0.3, 0.4) is 0 Å². The van der Waals surface area contributed by atoms with Crippen molar-refractivity contribution in [2.45, 2.75) is 37.4 Å². The first-order chi connectivity index (χ1) is 7.20. The van der Waals surface area contributed by atoms with E-state index in [1.165, 1.54) is 0 Å². The predicted molar refractivity (Wildman–Crippen MR) is 53.1 cm³/mol. The molecule has 5 heteroatoms. The van der Waals surface area contributed by atoms with Gasteiger partial charge >= 0.3 is 0 Å². The molecule has 1 fully saturated rings. The lowest BCUT2D eigenvalue weighted by atomic mass is 10.1. The highest BCUT2D eigenvalue weighted by molar-refractivity contribution is 4.86. The molecule has 88 valence electrons. The van der Waals surface area contributed by atoms with Crippen molar-refractivity contribution in [1.82, 2.24) is 0 Å². The fourth-order valence-electron chi connectivity index (χ4n) is 1.43. The summed E-state index contributed by atoms with van der Waals surface area (Å²) >= 11 is 0. The van der Waals surface area contributed by atoms with E-state index in [4.69, 9.17) is 14.6 Å². The first-order valence-electron chi connectivity index (χ1n) is 5.05. The molecule has 0 aromatic carbocycles. The zero-order valence-electron chi connectivity index (χ0n) is 8.58. The van der Waals surface area contributed by atoms with E-state index in [1.54, 1.807) is 6.08 Å². The van der Waals surface area contributed by atoms with E-state index >= 15 is 0 Å². The summed E-state index contributed by atoms with van der Waals surface area (Å²) in [6, 6.07) is 0. The van der Waals surface area contributed by atoms with E-state index in [0.717, 1.165) is 12.8 Å². The number of unbranched alkanes of at least 4 members (excludes halogenated alkanes) is 1. The molecule has 15 heavy (non-hydrogen) atoms. The second kappa shape index (κ2) is 6.19. The van der Waals surface area contributed by atoms with Gasteiger partial charge in [0.25, 0.3) is 0 Å². The Labute approximate surface area is 88.9 Å². The molecule has 0 aromatic heterocycles. The maximum atomic E-state index is 9.48. The monoisotopic (exact) mass is 218 g/mol. The first kappa shape index (κ1) is 12.6. The molecule has 0 bridgehead atoms. The van der Waals surface area contributed by atoms with Gasteiger partial charge in [-0.3, -0.25) is 0 Å². The van der Waals surface area contributed by atoms with Crippen LogP contribution < -0.4 is 0 Å². The van der Waals surface area contributed by atoms with Crippen LogP contribution in [0.25, 0.3) is 0 Å². The summed E-state index contributed by atoms with van der Waals surface area (Å²) in [7, 11) is 0. The smallest absolute Gasteiger partial charge is 0.186 e. The van der Waals surface area contributed by atoms with Crippen molar-refractivity contribution in [3.63, 3.8) is 0 Å². The number of aliphatic hydroxyl groups excluding tert-OH is 3. The van der Waals surface area contributed by atoms with E-state index in [0.29, 0.717) is 6.61 Å². The Morgan fingerprint density at radius 1 is 1.33 bits per heavy atom. The minimum absolute atomic E-state index is 0.329. The first-order valence-corrected chi connectivity index (χ1v) is 5.05. The highest BCUT2D eigenvalue weighted by Gasteiger charge is 2.42. The van der Waals surface area contributed by atoms with Crippen molar-refractivity contribution in [3.05, 3.63) is 12.7 Å². The summed E-state index contributed by atoms with van der Waals surface area (Å²) in [5.41, 5.74) is 0. The Morgan fingerprint density at radius 2 is 2.07 bits per heavy atom. The highest BCUT2D eigenvalue weighted by atomic mass is 16.7. The van der Waals surface area contributed by atoms with E-state index < -0.39 is 24.6 Å². The predicted octanol–water partition coefficient (Wildman–Crippen LogP) is -0.592. The van der Waals surface area contributed by atoms with Gasteiger partial charge in [0.2, 0.25) is 0 Å². The lowest BCUT2D eigenvalue weighted by Gasteiger charge is -2.14. The molecule has 1 aliphatic heterocycles. The van der Waals surface area contributed by atoms with Crippen LogP contribution in [0.15, 0.2) is 12.7 Å². The van der Waals surface area contributed by atoms with Gasteiger partial charge in [-0.05, 0) is 12.8 Å². The average Bonchev–Trinajstić information content (AvgIpc) is 2.52. The Bertz CT molecular complexity index is 196. The summed E-state index contributed by atoms with van der Waals surface area (Å²) in [5, 5.41) is 27.7. The lowest BCUT2D eigenvalue weighted by Crippen LogP contribution is -2.34. The van der Waals surface area contributed by atoms with Crippen molar-refractivity contribution in [1.29, 1.82) is 0 Å². The van der Waals surface area contributed by atoms with Gasteiger partial charge in [0, 0.05) is 0 Å². The summed E-state index contributed by atoms with van der Waals surface area (Å²) in [6.45, 7) is 3.67. The molecular weight excluding hydrogens is 200 g/mol. The number of hydrogen-bond acceptors (Lipinski definition) is 5. The van der Waals surface area contributed by atoms with Crippen LogP contribution in [0.2, 0.25) is 0 Å². The molecule has 3 N–H and O–H groups in total. The number of allylic oxidation sites excluding steroid dienone is 1. The topological polar surface area (TPSA) is 79.2 Å². The molecule has 1 heterocycles.